The van der Waals surface area contributed by atoms with Gasteiger partial charge in [0.25, 0.3) is 6.47 Å². The van der Waals surface area contributed by atoms with Gasteiger partial charge in [-0.2, -0.15) is 0 Å². The SMILES string of the molecule is C[C@@H](C(=O)O)N(C)C12CC=CC=C1C(COC=O)c1ccccc12. The largest absolute Gasteiger partial charge is 0.480 e. The van der Waals surface area contributed by atoms with Crippen LogP contribution in [0.25, 0.3) is 0 Å². The summed E-state index contributed by atoms with van der Waals surface area (Å²) in [5.74, 6) is -0.911. The van der Waals surface area contributed by atoms with Crippen molar-refractivity contribution in [3.63, 3.8) is 0 Å². The van der Waals surface area contributed by atoms with Gasteiger partial charge >= 0.3 is 5.97 Å². The van der Waals surface area contributed by atoms with Crippen molar-refractivity contribution in [3.05, 3.63) is 59.2 Å². The molecule has 0 amide bonds. The molecule has 24 heavy (non-hydrogen) atoms. The van der Waals surface area contributed by atoms with Crippen LogP contribution in [0.4, 0.5) is 0 Å². The second-order valence-corrected chi connectivity index (χ2v) is 6.31. The third kappa shape index (κ3) is 2.27. The molecule has 0 aromatic heterocycles. The van der Waals surface area contributed by atoms with E-state index in [0.717, 1.165) is 16.7 Å². The zero-order valence-corrected chi connectivity index (χ0v) is 13.8. The van der Waals surface area contributed by atoms with Crippen LogP contribution in [0.5, 0.6) is 0 Å². The molecule has 2 aliphatic rings. The number of fused-ring (bicyclic) bond motifs is 3. The van der Waals surface area contributed by atoms with Crippen LogP contribution >= 0.6 is 0 Å². The Morgan fingerprint density at radius 1 is 1.50 bits per heavy atom. The molecule has 1 aromatic rings. The van der Waals surface area contributed by atoms with E-state index in [4.69, 9.17) is 4.74 Å². The topological polar surface area (TPSA) is 66.8 Å². The van der Waals surface area contributed by atoms with Crippen molar-refractivity contribution in [2.75, 3.05) is 13.7 Å². The molecule has 0 saturated heterocycles. The van der Waals surface area contributed by atoms with Crippen LogP contribution in [-0.2, 0) is 19.9 Å². The van der Waals surface area contributed by atoms with Gasteiger partial charge in [-0.05, 0) is 37.1 Å². The molecule has 0 fully saturated rings. The first-order chi connectivity index (χ1) is 11.5. The minimum absolute atomic E-state index is 0.0557. The average Bonchev–Trinajstić information content (AvgIpc) is 2.89. The zero-order valence-electron chi connectivity index (χ0n) is 13.8. The third-order valence-corrected chi connectivity index (χ3v) is 5.33. The van der Waals surface area contributed by atoms with E-state index < -0.39 is 17.6 Å². The Bertz CT molecular complexity index is 724. The molecule has 2 aliphatic carbocycles. The van der Waals surface area contributed by atoms with Crippen molar-refractivity contribution in [1.82, 2.24) is 4.90 Å². The highest BCUT2D eigenvalue weighted by atomic mass is 16.5. The van der Waals surface area contributed by atoms with Gasteiger partial charge in [0.15, 0.2) is 0 Å². The molecule has 0 saturated carbocycles. The van der Waals surface area contributed by atoms with Crippen LogP contribution in [0.15, 0.2) is 48.1 Å². The van der Waals surface area contributed by atoms with E-state index in [1.54, 1.807) is 6.92 Å². The van der Waals surface area contributed by atoms with E-state index in [2.05, 4.69) is 6.08 Å². The van der Waals surface area contributed by atoms with E-state index in [0.29, 0.717) is 12.9 Å². The number of ether oxygens (including phenoxy) is 1. The summed E-state index contributed by atoms with van der Waals surface area (Å²) in [7, 11) is 1.85. The number of carbonyl (C=O) groups is 2. The number of benzene rings is 1. The maximum Gasteiger partial charge on any atom is 0.320 e. The molecule has 2 unspecified atom stereocenters. The normalized spacial score (nSPS) is 25.6. The molecule has 0 spiro atoms. The number of allylic oxidation sites excluding steroid dienone is 2. The van der Waals surface area contributed by atoms with Crippen LogP contribution in [0.3, 0.4) is 0 Å². The second-order valence-electron chi connectivity index (χ2n) is 6.31. The summed E-state index contributed by atoms with van der Waals surface area (Å²) in [5.41, 5.74) is 2.76. The standard InChI is InChI=1S/C19H21NO4/c1-13(18(22)23)20(2)19-10-6-5-9-17(19)15(11-24-12-21)14-7-3-4-8-16(14)19/h3-9,12-13,15H,10-11H2,1-2H3,(H,22,23)/t13-,15?,19?/m0/s1. The van der Waals surface area contributed by atoms with Crippen molar-refractivity contribution in [1.29, 1.82) is 0 Å². The highest BCUT2D eigenvalue weighted by Crippen LogP contribution is 2.55. The number of hydrogen-bond acceptors (Lipinski definition) is 4. The van der Waals surface area contributed by atoms with E-state index in [-0.39, 0.29) is 12.5 Å². The summed E-state index contributed by atoms with van der Waals surface area (Å²) in [6.45, 7) is 2.42. The Morgan fingerprint density at radius 2 is 2.25 bits per heavy atom. The van der Waals surface area contributed by atoms with Crippen molar-refractivity contribution in [3.8, 4) is 0 Å². The van der Waals surface area contributed by atoms with Gasteiger partial charge in [0.2, 0.25) is 0 Å². The number of rotatable bonds is 6. The molecule has 126 valence electrons. The lowest BCUT2D eigenvalue weighted by molar-refractivity contribution is -0.144. The molecule has 0 bridgehead atoms. The van der Waals surface area contributed by atoms with Crippen LogP contribution in [0.2, 0.25) is 0 Å². The number of carboxylic acid groups (broad SMARTS) is 1. The molecule has 0 radical (unpaired) electrons. The number of carboxylic acids is 1. The van der Waals surface area contributed by atoms with Gasteiger partial charge in [-0.25, -0.2) is 0 Å². The van der Waals surface area contributed by atoms with Gasteiger partial charge in [0.1, 0.15) is 12.6 Å². The maximum absolute atomic E-state index is 11.6. The quantitative estimate of drug-likeness (QED) is 0.813. The molecular formula is C19H21NO4. The lowest BCUT2D eigenvalue weighted by Crippen LogP contribution is -2.51. The van der Waals surface area contributed by atoms with Gasteiger partial charge < -0.3 is 9.84 Å². The smallest absolute Gasteiger partial charge is 0.320 e. The van der Waals surface area contributed by atoms with Crippen LogP contribution in [-0.4, -0.2) is 42.1 Å². The Kier molecular flexibility index (Phi) is 4.28. The Hall–Kier alpha value is -2.40. The fourth-order valence-corrected chi connectivity index (χ4v) is 4.03. The fraction of sp³-hybridized carbons (Fsp3) is 0.368. The zero-order chi connectivity index (χ0) is 17.3. The van der Waals surface area contributed by atoms with Gasteiger partial charge in [0, 0.05) is 5.92 Å². The second kappa shape index (κ2) is 6.24. The number of nitrogens with zero attached hydrogens (tertiary/aromatic N) is 1. The summed E-state index contributed by atoms with van der Waals surface area (Å²) >= 11 is 0. The number of likely N-dealkylation sites (N-methyl/N-ethyl adjacent to an activating group) is 1. The molecule has 1 aromatic carbocycles. The molecule has 3 atom stereocenters. The number of carbonyl (C=O) groups excluding carboxylic acids is 1. The summed E-state index contributed by atoms with van der Waals surface area (Å²) < 4.78 is 5.08. The predicted molar refractivity (Wildman–Crippen MR) is 89.6 cm³/mol. The van der Waals surface area contributed by atoms with Crippen molar-refractivity contribution >= 4 is 12.4 Å². The molecule has 5 heteroatoms. The number of aliphatic carboxylic acids is 1. The summed E-state index contributed by atoms with van der Waals surface area (Å²) in [6.07, 6.45) is 6.79. The Balaban J connectivity index is 2.16. The molecule has 0 heterocycles. The third-order valence-electron chi connectivity index (χ3n) is 5.33. The van der Waals surface area contributed by atoms with Crippen molar-refractivity contribution < 1.29 is 19.4 Å². The Morgan fingerprint density at radius 3 is 2.96 bits per heavy atom. The first kappa shape index (κ1) is 16.5. The highest BCUT2D eigenvalue weighted by Gasteiger charge is 2.52. The highest BCUT2D eigenvalue weighted by molar-refractivity contribution is 5.73. The van der Waals surface area contributed by atoms with Gasteiger partial charge in [0.05, 0.1) is 5.54 Å². The van der Waals surface area contributed by atoms with E-state index in [9.17, 15) is 14.7 Å². The van der Waals surface area contributed by atoms with Crippen LogP contribution in [0.1, 0.15) is 30.4 Å². The minimum atomic E-state index is -0.856. The fourth-order valence-electron chi connectivity index (χ4n) is 4.03. The number of hydrogen-bond donors (Lipinski definition) is 1. The first-order valence-electron chi connectivity index (χ1n) is 8.01. The van der Waals surface area contributed by atoms with Crippen LogP contribution < -0.4 is 0 Å². The molecule has 5 nitrogen and oxygen atoms in total. The molecule has 3 rings (SSSR count). The predicted octanol–water partition coefficient (Wildman–Crippen LogP) is 2.44. The summed E-state index contributed by atoms with van der Waals surface area (Å²) in [6, 6.07) is 7.38. The monoisotopic (exact) mass is 327 g/mol. The average molecular weight is 327 g/mol. The lowest BCUT2D eigenvalue weighted by atomic mass is 9.78. The van der Waals surface area contributed by atoms with Gasteiger partial charge in [-0.15, -0.1) is 0 Å². The Labute approximate surface area is 141 Å². The van der Waals surface area contributed by atoms with Gasteiger partial charge in [-0.3, -0.25) is 14.5 Å². The van der Waals surface area contributed by atoms with E-state index in [1.165, 1.54) is 0 Å². The first-order valence-corrected chi connectivity index (χ1v) is 8.01. The lowest BCUT2D eigenvalue weighted by Gasteiger charge is -2.44. The van der Waals surface area contributed by atoms with E-state index in [1.807, 2.05) is 48.4 Å². The molecule has 0 aliphatic heterocycles. The van der Waals surface area contributed by atoms with Crippen molar-refractivity contribution in [2.24, 2.45) is 0 Å². The minimum Gasteiger partial charge on any atom is -0.480 e. The van der Waals surface area contributed by atoms with Gasteiger partial charge in [-0.1, -0.05) is 42.5 Å². The summed E-state index contributed by atoms with van der Waals surface area (Å²) in [5, 5.41) is 9.50. The van der Waals surface area contributed by atoms with Crippen LogP contribution in [0, 0.1) is 0 Å². The summed E-state index contributed by atoms with van der Waals surface area (Å²) in [4.78, 5) is 24.2. The van der Waals surface area contributed by atoms with E-state index >= 15 is 0 Å². The molecule has 1 N–H and O–H groups in total. The maximum atomic E-state index is 11.6. The van der Waals surface area contributed by atoms with Crippen molar-refractivity contribution in [2.45, 2.75) is 30.8 Å². The molecular weight excluding hydrogens is 306 g/mol.